The van der Waals surface area contributed by atoms with Gasteiger partial charge >= 0.3 is 0 Å². The Morgan fingerprint density at radius 1 is 1.41 bits per heavy atom. The van der Waals surface area contributed by atoms with E-state index in [9.17, 15) is 14.7 Å². The van der Waals surface area contributed by atoms with Crippen LogP contribution >= 0.6 is 23.4 Å². The Kier molecular flexibility index (Phi) is 4.14. The lowest BCUT2D eigenvalue weighted by Gasteiger charge is -2.22. The first-order chi connectivity index (χ1) is 10.5. The summed E-state index contributed by atoms with van der Waals surface area (Å²) in [5, 5.41) is 12.2. The number of amides is 2. The number of para-hydroxylation sites is 1. The Balaban J connectivity index is 1.99. The fraction of sp³-hybridized carbons (Fsp3) is 0.286. The summed E-state index contributed by atoms with van der Waals surface area (Å²) in [5.74, 6) is -0.418. The van der Waals surface area contributed by atoms with E-state index < -0.39 is 17.3 Å². The van der Waals surface area contributed by atoms with Crippen LogP contribution in [0.2, 0.25) is 5.02 Å². The summed E-state index contributed by atoms with van der Waals surface area (Å²) in [4.78, 5) is 25.1. The smallest absolute Gasteiger partial charge is 0.290 e. The third kappa shape index (κ3) is 2.85. The summed E-state index contributed by atoms with van der Waals surface area (Å²) in [6.45, 7) is 0.846. The number of β-amino-alcohol motifs (C(OH)–C–C–N with tert-alkyl or cyclic N) is 1. The fourth-order valence-electron chi connectivity index (χ4n) is 2.54. The second-order valence-electron chi connectivity index (χ2n) is 5.17. The van der Waals surface area contributed by atoms with Crippen molar-refractivity contribution in [2.24, 2.45) is 5.73 Å². The second-order valence-corrected chi connectivity index (χ2v) is 6.59. The number of nitrogens with zero attached hydrogens (tertiary/aromatic N) is 1. The van der Waals surface area contributed by atoms with Crippen LogP contribution in [0.3, 0.4) is 0 Å². The molecule has 0 unspecified atom stereocenters. The minimum Gasteiger partial charge on any atom is -0.390 e. The van der Waals surface area contributed by atoms with E-state index in [1.165, 1.54) is 0 Å². The summed E-state index contributed by atoms with van der Waals surface area (Å²) >= 11 is 7.14. The number of hydrogen-bond acceptors (Lipinski definition) is 6. The number of nitrogens with two attached hydrogens (primary N) is 1. The van der Waals surface area contributed by atoms with Crippen molar-refractivity contribution in [3.8, 4) is 0 Å². The maximum Gasteiger partial charge on any atom is 0.290 e. The van der Waals surface area contributed by atoms with Gasteiger partial charge in [0.15, 0.2) is 0 Å². The van der Waals surface area contributed by atoms with Gasteiger partial charge in [-0.1, -0.05) is 23.7 Å². The van der Waals surface area contributed by atoms with E-state index in [-0.39, 0.29) is 6.04 Å². The molecule has 2 aliphatic heterocycles. The lowest BCUT2D eigenvalue weighted by Crippen LogP contribution is -2.32. The molecule has 1 aromatic carbocycles. The third-order valence-electron chi connectivity index (χ3n) is 3.60. The molecule has 2 atom stereocenters. The number of nitrogens with one attached hydrogen (secondary N) is 1. The predicted molar refractivity (Wildman–Crippen MR) is 86.8 cm³/mol. The van der Waals surface area contributed by atoms with Gasteiger partial charge in [0.05, 0.1) is 21.7 Å². The lowest BCUT2D eigenvalue weighted by atomic mass is 10.1. The molecule has 0 radical (unpaired) electrons. The number of carbonyl (C=O) groups excluding carboxylic acids is 2. The van der Waals surface area contributed by atoms with Crippen molar-refractivity contribution in [3.63, 3.8) is 0 Å². The standard InChI is InChI=1S/C14H14ClN3O3S/c15-8-3-1-2-7(4-11-13(20)17-14(21)22-11)12(8)18-5-9(16)10(19)6-18/h1-4,9-10,19H,5-6,16H2,(H,17,20,21)/t9-,10-/m0/s1. The number of carbonyl (C=O) groups is 2. The van der Waals surface area contributed by atoms with Gasteiger partial charge in [-0.05, 0) is 23.9 Å². The molecule has 0 aromatic heterocycles. The van der Waals surface area contributed by atoms with Crippen molar-refractivity contribution < 1.29 is 14.7 Å². The minimum atomic E-state index is -0.623. The quantitative estimate of drug-likeness (QED) is 0.700. The Morgan fingerprint density at radius 3 is 2.77 bits per heavy atom. The van der Waals surface area contributed by atoms with Crippen LogP contribution in [0, 0.1) is 0 Å². The molecule has 2 amide bonds. The van der Waals surface area contributed by atoms with Gasteiger partial charge in [-0.2, -0.15) is 0 Å². The fourth-order valence-corrected chi connectivity index (χ4v) is 3.51. The molecular formula is C14H14ClN3O3S. The number of anilines is 1. The molecular weight excluding hydrogens is 326 g/mol. The molecule has 8 heteroatoms. The normalized spacial score (nSPS) is 26.9. The number of aliphatic hydroxyl groups is 1. The zero-order valence-electron chi connectivity index (χ0n) is 11.5. The molecule has 2 saturated heterocycles. The molecule has 2 fully saturated rings. The molecule has 116 valence electrons. The summed E-state index contributed by atoms with van der Waals surface area (Å²) in [5.41, 5.74) is 7.26. The van der Waals surface area contributed by atoms with Gasteiger partial charge in [-0.15, -0.1) is 0 Å². The highest BCUT2D eigenvalue weighted by Crippen LogP contribution is 2.35. The molecule has 0 saturated carbocycles. The minimum absolute atomic E-state index is 0.317. The van der Waals surface area contributed by atoms with Crippen molar-refractivity contribution in [3.05, 3.63) is 33.7 Å². The first kappa shape index (κ1) is 15.4. The molecule has 0 spiro atoms. The summed E-state index contributed by atoms with van der Waals surface area (Å²) < 4.78 is 0. The Bertz CT molecular complexity index is 669. The molecule has 0 aliphatic carbocycles. The van der Waals surface area contributed by atoms with E-state index in [4.69, 9.17) is 17.3 Å². The van der Waals surface area contributed by atoms with E-state index in [2.05, 4.69) is 5.32 Å². The Labute approximate surface area is 136 Å². The monoisotopic (exact) mass is 339 g/mol. The van der Waals surface area contributed by atoms with Crippen LogP contribution in [0.5, 0.6) is 0 Å². The molecule has 1 aromatic rings. The molecule has 6 nitrogen and oxygen atoms in total. The average Bonchev–Trinajstić information content (AvgIpc) is 2.93. The summed E-state index contributed by atoms with van der Waals surface area (Å²) in [6, 6.07) is 4.97. The van der Waals surface area contributed by atoms with Crippen molar-refractivity contribution in [2.45, 2.75) is 12.1 Å². The molecule has 0 bridgehead atoms. The molecule has 2 heterocycles. The maximum atomic E-state index is 11.7. The molecule has 3 rings (SSSR count). The zero-order chi connectivity index (χ0) is 15.9. The third-order valence-corrected chi connectivity index (χ3v) is 4.71. The van der Waals surface area contributed by atoms with E-state index in [0.717, 1.165) is 11.8 Å². The summed E-state index contributed by atoms with van der Waals surface area (Å²) in [7, 11) is 0. The van der Waals surface area contributed by atoms with Crippen molar-refractivity contribution in [2.75, 3.05) is 18.0 Å². The summed E-state index contributed by atoms with van der Waals surface area (Å²) in [6.07, 6.45) is 1.00. The van der Waals surface area contributed by atoms with E-state index in [1.54, 1.807) is 24.3 Å². The number of benzene rings is 1. The van der Waals surface area contributed by atoms with Gasteiger partial charge < -0.3 is 15.7 Å². The van der Waals surface area contributed by atoms with Gasteiger partial charge in [0, 0.05) is 24.7 Å². The number of rotatable bonds is 2. The highest BCUT2D eigenvalue weighted by Gasteiger charge is 2.31. The van der Waals surface area contributed by atoms with Crippen LogP contribution in [-0.2, 0) is 4.79 Å². The lowest BCUT2D eigenvalue weighted by molar-refractivity contribution is -0.115. The van der Waals surface area contributed by atoms with Crippen LogP contribution < -0.4 is 16.0 Å². The van der Waals surface area contributed by atoms with Crippen molar-refractivity contribution in [1.82, 2.24) is 5.32 Å². The highest BCUT2D eigenvalue weighted by atomic mass is 35.5. The van der Waals surface area contributed by atoms with E-state index in [1.807, 2.05) is 4.90 Å². The van der Waals surface area contributed by atoms with Crippen LogP contribution in [0.4, 0.5) is 10.5 Å². The van der Waals surface area contributed by atoms with Crippen LogP contribution in [0.15, 0.2) is 23.1 Å². The van der Waals surface area contributed by atoms with Gasteiger partial charge in [0.25, 0.3) is 11.1 Å². The largest absolute Gasteiger partial charge is 0.390 e. The van der Waals surface area contributed by atoms with Gasteiger partial charge in [0.2, 0.25) is 0 Å². The van der Waals surface area contributed by atoms with Crippen LogP contribution in [0.1, 0.15) is 5.56 Å². The molecule has 4 N–H and O–H groups in total. The van der Waals surface area contributed by atoms with E-state index >= 15 is 0 Å². The molecule has 22 heavy (non-hydrogen) atoms. The van der Waals surface area contributed by atoms with Crippen LogP contribution in [-0.4, -0.2) is 41.5 Å². The van der Waals surface area contributed by atoms with Gasteiger partial charge in [-0.25, -0.2) is 0 Å². The number of imide groups is 1. The number of hydrogen-bond donors (Lipinski definition) is 3. The zero-order valence-corrected chi connectivity index (χ0v) is 13.0. The Hall–Kier alpha value is -1.54. The Morgan fingerprint density at radius 2 is 2.18 bits per heavy atom. The number of halogens is 1. The topological polar surface area (TPSA) is 95.7 Å². The van der Waals surface area contributed by atoms with E-state index in [0.29, 0.717) is 34.3 Å². The number of aliphatic hydroxyl groups excluding tert-OH is 1. The predicted octanol–water partition coefficient (Wildman–Crippen LogP) is 1.17. The average molecular weight is 340 g/mol. The maximum absolute atomic E-state index is 11.7. The van der Waals surface area contributed by atoms with Crippen molar-refractivity contribution in [1.29, 1.82) is 0 Å². The van der Waals surface area contributed by atoms with Gasteiger partial charge in [-0.3, -0.25) is 14.9 Å². The SMILES string of the molecule is N[C@H]1CN(c2c(Cl)cccc2C=C2SC(=O)NC2=O)C[C@@H]1O. The van der Waals surface area contributed by atoms with Crippen molar-refractivity contribution >= 4 is 46.3 Å². The van der Waals surface area contributed by atoms with Gasteiger partial charge in [0.1, 0.15) is 0 Å². The highest BCUT2D eigenvalue weighted by molar-refractivity contribution is 8.18. The first-order valence-electron chi connectivity index (χ1n) is 6.67. The number of thioether (sulfide) groups is 1. The second kappa shape index (κ2) is 5.92. The first-order valence-corrected chi connectivity index (χ1v) is 7.87. The van der Waals surface area contributed by atoms with Crippen LogP contribution in [0.25, 0.3) is 6.08 Å². The molecule has 2 aliphatic rings.